The number of hydrogen-bond acceptors (Lipinski definition) is 4. The van der Waals surface area contributed by atoms with E-state index < -0.39 is 0 Å². The SMILES string of the molecule is CC1CN(c2ncccc2I)CCN1C1COC1. The molecule has 0 aliphatic carbocycles. The van der Waals surface area contributed by atoms with Crippen molar-refractivity contribution in [1.82, 2.24) is 9.88 Å². The van der Waals surface area contributed by atoms with Gasteiger partial charge in [0.1, 0.15) is 5.82 Å². The van der Waals surface area contributed by atoms with Crippen LogP contribution in [0.1, 0.15) is 6.92 Å². The molecule has 1 aromatic rings. The van der Waals surface area contributed by atoms with E-state index in [1.165, 1.54) is 3.57 Å². The maximum atomic E-state index is 5.30. The van der Waals surface area contributed by atoms with Gasteiger partial charge in [0.05, 0.1) is 22.8 Å². The van der Waals surface area contributed by atoms with E-state index in [0.29, 0.717) is 12.1 Å². The largest absolute Gasteiger partial charge is 0.378 e. The van der Waals surface area contributed by atoms with Crippen molar-refractivity contribution in [3.05, 3.63) is 21.9 Å². The van der Waals surface area contributed by atoms with E-state index in [1.807, 2.05) is 12.3 Å². The lowest BCUT2D eigenvalue weighted by atomic mass is 10.1. The van der Waals surface area contributed by atoms with Crippen molar-refractivity contribution in [3.8, 4) is 0 Å². The van der Waals surface area contributed by atoms with Crippen LogP contribution in [0.5, 0.6) is 0 Å². The van der Waals surface area contributed by atoms with Gasteiger partial charge in [-0.05, 0) is 41.6 Å². The third-order valence-corrected chi connectivity index (χ3v) is 4.65. The molecule has 98 valence electrons. The molecule has 0 radical (unpaired) electrons. The van der Waals surface area contributed by atoms with Crippen LogP contribution >= 0.6 is 22.6 Å². The van der Waals surface area contributed by atoms with E-state index in [9.17, 15) is 0 Å². The Morgan fingerprint density at radius 2 is 2.22 bits per heavy atom. The molecule has 0 aromatic carbocycles. The van der Waals surface area contributed by atoms with Gasteiger partial charge in [0.25, 0.3) is 0 Å². The fourth-order valence-corrected chi connectivity index (χ4v) is 3.42. The van der Waals surface area contributed by atoms with Crippen molar-refractivity contribution in [2.24, 2.45) is 0 Å². The molecule has 0 amide bonds. The van der Waals surface area contributed by atoms with E-state index in [1.54, 1.807) is 0 Å². The first-order chi connectivity index (χ1) is 8.75. The van der Waals surface area contributed by atoms with Crippen LogP contribution in [-0.4, -0.2) is 54.8 Å². The molecule has 0 saturated carbocycles. The van der Waals surface area contributed by atoms with Crippen LogP contribution in [0, 0.1) is 3.57 Å². The molecule has 3 heterocycles. The number of halogens is 1. The van der Waals surface area contributed by atoms with Crippen LogP contribution in [0.3, 0.4) is 0 Å². The van der Waals surface area contributed by atoms with Crippen molar-refractivity contribution in [2.75, 3.05) is 37.7 Å². The molecule has 1 aromatic heterocycles. The summed E-state index contributed by atoms with van der Waals surface area (Å²) in [7, 11) is 0. The van der Waals surface area contributed by atoms with Gasteiger partial charge in [-0.1, -0.05) is 0 Å². The summed E-state index contributed by atoms with van der Waals surface area (Å²) in [6, 6.07) is 5.34. The molecule has 0 bridgehead atoms. The smallest absolute Gasteiger partial charge is 0.142 e. The van der Waals surface area contributed by atoms with Gasteiger partial charge in [-0.2, -0.15) is 0 Å². The highest BCUT2D eigenvalue weighted by molar-refractivity contribution is 14.1. The topological polar surface area (TPSA) is 28.6 Å². The lowest BCUT2D eigenvalue weighted by molar-refractivity contribution is -0.0793. The normalized spacial score (nSPS) is 26.1. The van der Waals surface area contributed by atoms with Gasteiger partial charge in [-0.25, -0.2) is 4.98 Å². The monoisotopic (exact) mass is 359 g/mol. The fraction of sp³-hybridized carbons (Fsp3) is 0.615. The predicted molar refractivity (Wildman–Crippen MR) is 79.9 cm³/mol. The molecule has 2 aliphatic rings. The molecule has 1 atom stereocenters. The van der Waals surface area contributed by atoms with Crippen LogP contribution in [0.4, 0.5) is 5.82 Å². The number of aromatic nitrogens is 1. The van der Waals surface area contributed by atoms with Gasteiger partial charge < -0.3 is 9.64 Å². The second kappa shape index (κ2) is 5.30. The van der Waals surface area contributed by atoms with Crippen LogP contribution in [0.2, 0.25) is 0 Å². The van der Waals surface area contributed by atoms with Crippen molar-refractivity contribution < 1.29 is 4.74 Å². The Balaban J connectivity index is 1.69. The van der Waals surface area contributed by atoms with Crippen LogP contribution in [-0.2, 0) is 4.74 Å². The highest BCUT2D eigenvalue weighted by Gasteiger charge is 2.33. The lowest BCUT2D eigenvalue weighted by Crippen LogP contribution is -2.60. The number of hydrogen-bond donors (Lipinski definition) is 0. The minimum Gasteiger partial charge on any atom is -0.378 e. The first kappa shape index (κ1) is 12.6. The number of pyridine rings is 1. The third kappa shape index (κ3) is 2.35. The molecule has 5 heteroatoms. The first-order valence-electron chi connectivity index (χ1n) is 6.44. The van der Waals surface area contributed by atoms with Crippen molar-refractivity contribution >= 4 is 28.4 Å². The predicted octanol–water partition coefficient (Wildman–Crippen LogP) is 1.60. The van der Waals surface area contributed by atoms with E-state index in [0.717, 1.165) is 38.7 Å². The van der Waals surface area contributed by atoms with Gasteiger partial charge in [0.2, 0.25) is 0 Å². The summed E-state index contributed by atoms with van der Waals surface area (Å²) in [6.45, 7) is 7.36. The maximum Gasteiger partial charge on any atom is 0.142 e. The summed E-state index contributed by atoms with van der Waals surface area (Å²) in [5.41, 5.74) is 0. The average molecular weight is 359 g/mol. The Morgan fingerprint density at radius 1 is 1.39 bits per heavy atom. The summed E-state index contributed by atoms with van der Waals surface area (Å²) in [5.74, 6) is 1.13. The van der Waals surface area contributed by atoms with Crippen molar-refractivity contribution in [3.63, 3.8) is 0 Å². The molecule has 0 N–H and O–H groups in total. The number of ether oxygens (including phenoxy) is 1. The standard InChI is InChI=1S/C13H18IN3O/c1-10-7-16(13-12(14)3-2-4-15-13)5-6-17(10)11-8-18-9-11/h2-4,10-11H,5-9H2,1H3. The Kier molecular flexibility index (Phi) is 3.72. The highest BCUT2D eigenvalue weighted by Crippen LogP contribution is 2.24. The molecule has 0 spiro atoms. The maximum absolute atomic E-state index is 5.30. The highest BCUT2D eigenvalue weighted by atomic mass is 127. The zero-order chi connectivity index (χ0) is 12.5. The molecule has 2 fully saturated rings. The lowest BCUT2D eigenvalue weighted by Gasteiger charge is -2.47. The van der Waals surface area contributed by atoms with Crippen molar-refractivity contribution in [1.29, 1.82) is 0 Å². The quantitative estimate of drug-likeness (QED) is 0.750. The average Bonchev–Trinajstić information content (AvgIpc) is 2.30. The van der Waals surface area contributed by atoms with Crippen LogP contribution in [0.25, 0.3) is 0 Å². The molecule has 4 nitrogen and oxygen atoms in total. The van der Waals surface area contributed by atoms with Gasteiger partial charge in [0, 0.05) is 31.9 Å². The molecule has 1 unspecified atom stereocenters. The summed E-state index contributed by atoms with van der Waals surface area (Å²) >= 11 is 2.37. The molecule has 2 saturated heterocycles. The Hall–Kier alpha value is -0.400. The number of piperazine rings is 1. The second-order valence-electron chi connectivity index (χ2n) is 5.03. The van der Waals surface area contributed by atoms with E-state index in [-0.39, 0.29) is 0 Å². The Bertz CT molecular complexity index is 424. The minimum atomic E-state index is 0.574. The molecule has 3 rings (SSSR count). The summed E-state index contributed by atoms with van der Waals surface area (Å²) in [5, 5.41) is 0. The van der Waals surface area contributed by atoms with E-state index in [4.69, 9.17) is 4.74 Å². The van der Waals surface area contributed by atoms with Crippen LogP contribution < -0.4 is 4.90 Å². The minimum absolute atomic E-state index is 0.574. The number of anilines is 1. The number of rotatable bonds is 2. The Morgan fingerprint density at radius 3 is 2.83 bits per heavy atom. The zero-order valence-corrected chi connectivity index (χ0v) is 12.7. The summed E-state index contributed by atoms with van der Waals surface area (Å²) in [6.07, 6.45) is 1.88. The van der Waals surface area contributed by atoms with Gasteiger partial charge in [-0.15, -0.1) is 0 Å². The fourth-order valence-electron chi connectivity index (χ4n) is 2.73. The summed E-state index contributed by atoms with van der Waals surface area (Å²) < 4.78 is 6.54. The van der Waals surface area contributed by atoms with Gasteiger partial charge in [-0.3, -0.25) is 4.90 Å². The third-order valence-electron chi connectivity index (χ3n) is 3.81. The van der Waals surface area contributed by atoms with E-state index >= 15 is 0 Å². The van der Waals surface area contributed by atoms with Gasteiger partial charge in [0.15, 0.2) is 0 Å². The zero-order valence-electron chi connectivity index (χ0n) is 10.6. The molecular weight excluding hydrogens is 341 g/mol. The molecular formula is C13H18IN3O. The van der Waals surface area contributed by atoms with E-state index in [2.05, 4.69) is 50.4 Å². The molecule has 18 heavy (non-hydrogen) atoms. The number of nitrogens with zero attached hydrogens (tertiary/aromatic N) is 3. The molecule has 2 aliphatic heterocycles. The Labute approximate surface area is 121 Å². The first-order valence-corrected chi connectivity index (χ1v) is 7.52. The summed E-state index contributed by atoms with van der Waals surface area (Å²) in [4.78, 5) is 9.50. The van der Waals surface area contributed by atoms with Crippen LogP contribution in [0.15, 0.2) is 18.3 Å². The second-order valence-corrected chi connectivity index (χ2v) is 6.20. The van der Waals surface area contributed by atoms with Crippen molar-refractivity contribution in [2.45, 2.75) is 19.0 Å². The van der Waals surface area contributed by atoms with Gasteiger partial charge >= 0.3 is 0 Å².